The zero-order chi connectivity index (χ0) is 21.1. The number of nitrogens with one attached hydrogen (secondary N) is 1. The van der Waals surface area contributed by atoms with Crippen LogP contribution < -0.4 is 10.2 Å². The van der Waals surface area contributed by atoms with Crippen LogP contribution in [0.15, 0.2) is 39.8 Å². The number of hydrogen-bond acceptors (Lipinski definition) is 4. The van der Waals surface area contributed by atoms with Crippen LogP contribution >= 0.6 is 0 Å². The second-order valence-electron chi connectivity index (χ2n) is 8.41. The van der Waals surface area contributed by atoms with Crippen LogP contribution in [-0.4, -0.2) is 48.6 Å². The van der Waals surface area contributed by atoms with Gasteiger partial charge in [0.25, 0.3) is 0 Å². The van der Waals surface area contributed by atoms with E-state index in [0.717, 1.165) is 49.9 Å². The van der Waals surface area contributed by atoms with Gasteiger partial charge in [0, 0.05) is 50.8 Å². The zero-order valence-electron chi connectivity index (χ0n) is 18.1. The van der Waals surface area contributed by atoms with Crippen LogP contribution in [0.1, 0.15) is 62.0 Å². The van der Waals surface area contributed by atoms with Gasteiger partial charge in [-0.1, -0.05) is 37.2 Å². The minimum Gasteiger partial charge on any atom is -0.359 e. The van der Waals surface area contributed by atoms with Crippen molar-refractivity contribution >= 4 is 17.6 Å². The predicted octanol–water partition coefficient (Wildman–Crippen LogP) is 3.49. The Bertz CT molecular complexity index is 920. The van der Waals surface area contributed by atoms with Gasteiger partial charge in [0.2, 0.25) is 5.91 Å². The summed E-state index contributed by atoms with van der Waals surface area (Å²) in [7, 11) is 1.81. The molecule has 0 bridgehead atoms. The third kappa shape index (κ3) is 4.20. The number of carbonyl (C=O) groups is 1. The molecule has 1 atom stereocenters. The molecule has 1 aromatic heterocycles. The highest BCUT2D eigenvalue weighted by Crippen LogP contribution is 2.38. The average Bonchev–Trinajstić information content (AvgIpc) is 3.46. The highest BCUT2D eigenvalue weighted by Gasteiger charge is 2.32. The molecule has 7 heteroatoms. The molecule has 1 N–H and O–H groups in total. The van der Waals surface area contributed by atoms with Crippen molar-refractivity contribution in [3.63, 3.8) is 0 Å². The molecule has 0 aliphatic carbocycles. The Balaban J connectivity index is 1.43. The van der Waals surface area contributed by atoms with Crippen LogP contribution in [0, 0.1) is 0 Å². The summed E-state index contributed by atoms with van der Waals surface area (Å²) in [6.07, 6.45) is 2.66. The highest BCUT2D eigenvalue weighted by molar-refractivity contribution is 5.98. The molecule has 160 valence electrons. The van der Waals surface area contributed by atoms with Gasteiger partial charge in [0.15, 0.2) is 11.7 Å². The van der Waals surface area contributed by atoms with Crippen molar-refractivity contribution in [1.82, 2.24) is 15.4 Å². The molecule has 4 rings (SSSR count). The number of anilines is 1. The molecule has 1 aromatic carbocycles. The van der Waals surface area contributed by atoms with E-state index in [0.29, 0.717) is 30.7 Å². The van der Waals surface area contributed by atoms with Crippen molar-refractivity contribution in [2.45, 2.75) is 51.5 Å². The van der Waals surface area contributed by atoms with Crippen molar-refractivity contribution in [3.8, 4) is 0 Å². The van der Waals surface area contributed by atoms with Gasteiger partial charge in [0.05, 0.1) is 12.2 Å². The number of benzene rings is 1. The van der Waals surface area contributed by atoms with Crippen LogP contribution in [0.5, 0.6) is 0 Å². The van der Waals surface area contributed by atoms with E-state index < -0.39 is 0 Å². The fourth-order valence-corrected chi connectivity index (χ4v) is 4.34. The lowest BCUT2D eigenvalue weighted by molar-refractivity contribution is -0.127. The molecule has 1 saturated heterocycles. The first kappa shape index (κ1) is 20.4. The van der Waals surface area contributed by atoms with Crippen molar-refractivity contribution < 1.29 is 9.32 Å². The van der Waals surface area contributed by atoms with Crippen molar-refractivity contribution in [2.24, 2.45) is 4.99 Å². The molecule has 2 aliphatic rings. The molecular formula is C23H31N5O2. The summed E-state index contributed by atoms with van der Waals surface area (Å²) in [6, 6.07) is 10.5. The summed E-state index contributed by atoms with van der Waals surface area (Å²) < 4.78 is 5.46. The smallest absolute Gasteiger partial charge is 0.222 e. The molecule has 1 fully saturated rings. The largest absolute Gasteiger partial charge is 0.359 e. The second kappa shape index (κ2) is 8.90. The Kier molecular flexibility index (Phi) is 6.06. The van der Waals surface area contributed by atoms with E-state index >= 15 is 0 Å². The standard InChI is InChI=1S/C23H31N5O2/c1-16(2)20-13-18(30-26-20)14-25-23(24-3)28-15-17(19-7-4-5-8-21(19)28)10-12-27-11-6-9-22(27)29/h4-5,7-8,13,16-17H,6,9-12,14-15H2,1-3H3,(H,24,25). The van der Waals surface area contributed by atoms with E-state index in [1.54, 1.807) is 7.05 Å². The van der Waals surface area contributed by atoms with E-state index in [9.17, 15) is 4.79 Å². The molecule has 2 aromatic rings. The second-order valence-corrected chi connectivity index (χ2v) is 8.41. The first-order valence-corrected chi connectivity index (χ1v) is 10.9. The number of hydrogen-bond donors (Lipinski definition) is 1. The Morgan fingerprint density at radius 3 is 2.90 bits per heavy atom. The maximum absolute atomic E-state index is 12.0. The lowest BCUT2D eigenvalue weighted by Crippen LogP contribution is -2.40. The molecule has 0 saturated carbocycles. The fourth-order valence-electron chi connectivity index (χ4n) is 4.34. The topological polar surface area (TPSA) is 74.0 Å². The van der Waals surface area contributed by atoms with Gasteiger partial charge in [-0.2, -0.15) is 0 Å². The average molecular weight is 410 g/mol. The number of fused-ring (bicyclic) bond motifs is 1. The van der Waals surface area contributed by atoms with Crippen LogP contribution in [0.25, 0.3) is 0 Å². The quantitative estimate of drug-likeness (QED) is 0.584. The molecular weight excluding hydrogens is 378 g/mol. The number of guanidine groups is 1. The van der Waals surface area contributed by atoms with Crippen LogP contribution in [-0.2, 0) is 11.3 Å². The first-order valence-electron chi connectivity index (χ1n) is 10.9. The number of nitrogens with zero attached hydrogens (tertiary/aromatic N) is 4. The summed E-state index contributed by atoms with van der Waals surface area (Å²) in [6.45, 7) is 7.33. The van der Waals surface area contributed by atoms with Gasteiger partial charge in [0.1, 0.15) is 0 Å². The van der Waals surface area contributed by atoms with Crippen molar-refractivity contribution in [2.75, 3.05) is 31.6 Å². The molecule has 0 spiro atoms. The van der Waals surface area contributed by atoms with Gasteiger partial charge < -0.3 is 19.6 Å². The van der Waals surface area contributed by atoms with E-state index in [4.69, 9.17) is 4.52 Å². The van der Waals surface area contributed by atoms with E-state index in [-0.39, 0.29) is 0 Å². The maximum atomic E-state index is 12.0. The summed E-state index contributed by atoms with van der Waals surface area (Å²) in [5.74, 6) is 2.64. The molecule has 1 amide bonds. The summed E-state index contributed by atoms with van der Waals surface area (Å²) >= 11 is 0. The number of aromatic nitrogens is 1. The molecule has 3 heterocycles. The molecule has 7 nitrogen and oxygen atoms in total. The minimum absolute atomic E-state index is 0.295. The van der Waals surface area contributed by atoms with Gasteiger partial charge in [-0.15, -0.1) is 0 Å². The van der Waals surface area contributed by atoms with Crippen LogP contribution in [0.3, 0.4) is 0 Å². The van der Waals surface area contributed by atoms with Gasteiger partial charge in [-0.3, -0.25) is 9.79 Å². The third-order valence-corrected chi connectivity index (χ3v) is 6.05. The Labute approximate surface area is 178 Å². The van der Waals surface area contributed by atoms with E-state index in [2.05, 4.69) is 58.5 Å². The Hall–Kier alpha value is -2.83. The highest BCUT2D eigenvalue weighted by atomic mass is 16.5. The number of aliphatic imine (C=N–C) groups is 1. The summed E-state index contributed by atoms with van der Waals surface area (Å²) in [4.78, 5) is 20.7. The number of rotatable bonds is 6. The van der Waals surface area contributed by atoms with Crippen molar-refractivity contribution in [3.05, 3.63) is 47.3 Å². The van der Waals surface area contributed by atoms with Gasteiger partial charge in [-0.05, 0) is 30.4 Å². The van der Waals surface area contributed by atoms with Crippen LogP contribution in [0.2, 0.25) is 0 Å². The third-order valence-electron chi connectivity index (χ3n) is 6.05. The number of para-hydroxylation sites is 1. The normalized spacial score (nSPS) is 19.1. The SMILES string of the molecule is CN=C(NCc1cc(C(C)C)no1)N1CC(CCN2CCCC2=O)c2ccccc21. The fraction of sp³-hybridized carbons (Fsp3) is 0.522. The lowest BCUT2D eigenvalue weighted by atomic mass is 9.98. The number of carbonyl (C=O) groups excluding carboxylic acids is 1. The first-order chi connectivity index (χ1) is 14.6. The summed E-state index contributed by atoms with van der Waals surface area (Å²) in [5, 5.41) is 7.56. The van der Waals surface area contributed by atoms with E-state index in [1.807, 2.05) is 11.0 Å². The summed E-state index contributed by atoms with van der Waals surface area (Å²) in [5.41, 5.74) is 3.47. The van der Waals surface area contributed by atoms with Gasteiger partial charge in [-0.25, -0.2) is 0 Å². The Morgan fingerprint density at radius 1 is 1.37 bits per heavy atom. The van der Waals surface area contributed by atoms with Crippen LogP contribution in [0.4, 0.5) is 5.69 Å². The molecule has 2 aliphatic heterocycles. The monoisotopic (exact) mass is 409 g/mol. The molecule has 30 heavy (non-hydrogen) atoms. The predicted molar refractivity (Wildman–Crippen MR) is 118 cm³/mol. The maximum Gasteiger partial charge on any atom is 0.222 e. The Morgan fingerprint density at radius 2 is 2.20 bits per heavy atom. The number of likely N-dealkylation sites (tertiary alicyclic amines) is 1. The lowest BCUT2D eigenvalue weighted by Gasteiger charge is -2.23. The van der Waals surface area contributed by atoms with E-state index in [1.165, 1.54) is 11.3 Å². The van der Waals surface area contributed by atoms with Crippen molar-refractivity contribution in [1.29, 1.82) is 0 Å². The minimum atomic E-state index is 0.295. The molecule has 0 radical (unpaired) electrons. The number of amides is 1. The molecule has 1 unspecified atom stereocenters. The zero-order valence-corrected chi connectivity index (χ0v) is 18.1. The van der Waals surface area contributed by atoms with Gasteiger partial charge >= 0.3 is 0 Å².